The summed E-state index contributed by atoms with van der Waals surface area (Å²) in [7, 11) is -4.71. The molecule has 3 unspecified atom stereocenters. The van der Waals surface area contributed by atoms with E-state index in [1.807, 2.05) is 0 Å². The molecule has 0 radical (unpaired) electrons. The second kappa shape index (κ2) is 8.09. The third-order valence-electron chi connectivity index (χ3n) is 2.20. The van der Waals surface area contributed by atoms with Crippen LogP contribution in [0.5, 0.6) is 5.75 Å². The number of ether oxygens (including phenoxy) is 2. The molecule has 0 bridgehead atoms. The summed E-state index contributed by atoms with van der Waals surface area (Å²) in [6, 6.07) is 6.27. The van der Waals surface area contributed by atoms with Gasteiger partial charge in [-0.3, -0.25) is 0 Å². The minimum absolute atomic E-state index is 0. The van der Waals surface area contributed by atoms with E-state index in [2.05, 4.69) is 4.74 Å². The quantitative estimate of drug-likeness (QED) is 0.406. The number of esters is 1. The molecule has 9 heteroatoms. The Morgan fingerprint density at radius 2 is 1.85 bits per heavy atom. The molecule has 0 saturated heterocycles. The third-order valence-corrected chi connectivity index (χ3v) is 3.48. The fraction of sp³-hybridized carbons (Fsp3) is 0.364. The minimum atomic E-state index is -4.71. The van der Waals surface area contributed by atoms with Crippen molar-refractivity contribution in [1.82, 2.24) is 0 Å². The molecule has 0 aliphatic heterocycles. The number of hydrogen-bond acceptors (Lipinski definition) is 5. The predicted octanol–water partition coefficient (Wildman–Crippen LogP) is -1.45. The van der Waals surface area contributed by atoms with Crippen LogP contribution in [0.3, 0.4) is 0 Å². The van der Waals surface area contributed by atoms with Gasteiger partial charge in [-0.25, -0.2) is 4.79 Å². The summed E-state index contributed by atoms with van der Waals surface area (Å²) < 4.78 is 20.5. The molecule has 0 aliphatic carbocycles. The Morgan fingerprint density at radius 1 is 1.35 bits per heavy atom. The minimum Gasteiger partial charge on any atom is -0.776 e. The normalized spacial score (nSPS) is 16.2. The molecule has 0 saturated carbocycles. The Bertz CT molecular complexity index is 488. The number of hydrogen-bond donors (Lipinski definition) is 1. The van der Waals surface area contributed by atoms with Crippen molar-refractivity contribution in [3.63, 3.8) is 0 Å². The number of rotatable bonds is 5. The van der Waals surface area contributed by atoms with Crippen LogP contribution in [-0.4, -0.2) is 22.8 Å². The molecule has 6 nitrogen and oxygen atoms in total. The van der Waals surface area contributed by atoms with Crippen LogP contribution in [0.1, 0.15) is 13.8 Å². The zero-order valence-electron chi connectivity index (χ0n) is 11.3. The molecule has 0 heterocycles. The largest absolute Gasteiger partial charge is 1.00 e. The summed E-state index contributed by atoms with van der Waals surface area (Å²) in [5.74, 6) is -2.13. The molecule has 0 spiro atoms. The van der Waals surface area contributed by atoms with Gasteiger partial charge in [0.2, 0.25) is 0 Å². The van der Waals surface area contributed by atoms with Crippen LogP contribution in [-0.2, 0) is 14.1 Å². The Kier molecular flexibility index (Phi) is 7.90. The van der Waals surface area contributed by atoms with E-state index in [-0.39, 0.29) is 18.9 Å². The van der Waals surface area contributed by atoms with E-state index in [9.17, 15) is 14.3 Å². The van der Waals surface area contributed by atoms with E-state index in [1.165, 1.54) is 6.92 Å². The van der Waals surface area contributed by atoms with Gasteiger partial charge in [0.15, 0.2) is 19.5 Å². The zero-order chi connectivity index (χ0) is 14.6. The predicted molar refractivity (Wildman–Crippen MR) is 66.9 cm³/mol. The zero-order valence-corrected chi connectivity index (χ0v) is 12.9. The van der Waals surface area contributed by atoms with Crippen molar-refractivity contribution in [1.29, 1.82) is 0 Å². The van der Waals surface area contributed by atoms with Crippen molar-refractivity contribution in [2.75, 3.05) is 0 Å². The molecule has 106 valence electrons. The maximum atomic E-state index is 11.5. The Balaban J connectivity index is 0.00000361. The van der Waals surface area contributed by atoms with Crippen LogP contribution in [0.4, 0.5) is 0 Å². The van der Waals surface area contributed by atoms with Crippen LogP contribution in [0.15, 0.2) is 24.3 Å². The molecular weight excluding hydrogens is 301 g/mol. The number of carbonyl (C=O) groups is 1. The van der Waals surface area contributed by atoms with Gasteiger partial charge in [-0.1, -0.05) is 11.6 Å². The van der Waals surface area contributed by atoms with Gasteiger partial charge in [-0.2, -0.15) is 0 Å². The number of carbonyl (C=O) groups excluding carboxylic acids is 1. The van der Waals surface area contributed by atoms with E-state index >= 15 is 0 Å². The monoisotopic (exact) mass is 314 g/mol. The van der Waals surface area contributed by atoms with E-state index in [4.69, 9.17) is 21.2 Å². The fourth-order valence-corrected chi connectivity index (χ4v) is 1.46. The average Bonchev–Trinajstić information content (AvgIpc) is 2.30. The van der Waals surface area contributed by atoms with Gasteiger partial charge in [0, 0.05) is 5.02 Å². The topological polar surface area (TPSA) is 95.9 Å². The molecule has 0 fully saturated rings. The smallest absolute Gasteiger partial charge is 0.776 e. The first-order valence-corrected chi connectivity index (χ1v) is 7.39. The van der Waals surface area contributed by atoms with Crippen LogP contribution in [0, 0.1) is 0 Å². The molecule has 20 heavy (non-hydrogen) atoms. The Labute approximate surface area is 133 Å². The van der Waals surface area contributed by atoms with Gasteiger partial charge in [0.25, 0.3) is 0 Å². The molecule has 3 atom stereocenters. The van der Waals surface area contributed by atoms with Gasteiger partial charge in [-0.15, -0.1) is 0 Å². The van der Waals surface area contributed by atoms with Crippen molar-refractivity contribution in [2.45, 2.75) is 25.8 Å². The van der Waals surface area contributed by atoms with E-state index in [0.717, 1.165) is 6.92 Å². The number of benzene rings is 1. The summed E-state index contributed by atoms with van der Waals surface area (Å²) in [6.07, 6.45) is -1.02. The molecule has 1 aromatic rings. The molecule has 0 aliphatic rings. The van der Waals surface area contributed by atoms with Crippen LogP contribution in [0.2, 0.25) is 5.02 Å². The van der Waals surface area contributed by atoms with E-state index in [0.29, 0.717) is 10.8 Å². The maximum Gasteiger partial charge on any atom is 1.00 e. The Hall–Kier alpha value is -0.473. The maximum absolute atomic E-state index is 11.5. The first-order chi connectivity index (χ1) is 8.70. The van der Waals surface area contributed by atoms with E-state index < -0.39 is 25.5 Å². The number of halogens is 1. The van der Waals surface area contributed by atoms with Gasteiger partial charge >= 0.3 is 24.8 Å². The van der Waals surface area contributed by atoms with E-state index in [1.54, 1.807) is 24.3 Å². The van der Waals surface area contributed by atoms with Crippen molar-refractivity contribution >= 4 is 25.2 Å². The van der Waals surface area contributed by atoms with Gasteiger partial charge < -0.3 is 23.8 Å². The Morgan fingerprint density at radius 3 is 2.30 bits per heavy atom. The molecule has 0 aromatic heterocycles. The van der Waals surface area contributed by atoms with Crippen LogP contribution in [0.25, 0.3) is 0 Å². The van der Waals surface area contributed by atoms with Crippen molar-refractivity contribution in [3.8, 4) is 5.75 Å². The van der Waals surface area contributed by atoms with Gasteiger partial charge in [0.1, 0.15) is 5.75 Å². The van der Waals surface area contributed by atoms with Gasteiger partial charge in [0.05, 0.1) is 0 Å². The van der Waals surface area contributed by atoms with Crippen LogP contribution >= 0.6 is 19.2 Å². The van der Waals surface area contributed by atoms with Crippen molar-refractivity contribution in [3.05, 3.63) is 29.3 Å². The first-order valence-electron chi connectivity index (χ1n) is 5.36. The molecule has 0 amide bonds. The first kappa shape index (κ1) is 19.5. The second-order valence-corrected chi connectivity index (χ2v) is 6.11. The van der Waals surface area contributed by atoms with Crippen molar-refractivity contribution < 1.29 is 47.5 Å². The molecule has 1 rings (SSSR count). The second-order valence-electron chi connectivity index (χ2n) is 3.81. The standard InChI is InChI=1S/C11H14ClO6P.Li/c1-7(11(13)18-8(2)19(14,15)16)17-10-5-3-9(12)4-6-10;/h3-8H,1-2H3,(H2,14,15,16);/q;+1/p-1. The summed E-state index contributed by atoms with van der Waals surface area (Å²) in [5.41, 5.74) is 0. The summed E-state index contributed by atoms with van der Waals surface area (Å²) in [4.78, 5) is 31.0. The summed E-state index contributed by atoms with van der Waals surface area (Å²) >= 11 is 5.69. The third kappa shape index (κ3) is 6.32. The molecular formula is C11H13ClLiO6P. The van der Waals surface area contributed by atoms with Crippen LogP contribution < -0.4 is 28.5 Å². The SMILES string of the molecule is CC(Oc1ccc(Cl)cc1)C(=O)OC(C)P(=O)([O-])O.[Li+]. The summed E-state index contributed by atoms with van der Waals surface area (Å²) in [5, 5.41) is 0.517. The molecule has 1 N–H and O–H groups in total. The average molecular weight is 315 g/mol. The molecule has 1 aromatic carbocycles. The fourth-order valence-electron chi connectivity index (χ4n) is 1.10. The summed E-state index contributed by atoms with van der Waals surface area (Å²) in [6.45, 7) is 2.46. The van der Waals surface area contributed by atoms with Gasteiger partial charge in [-0.05, 0) is 38.1 Å². The van der Waals surface area contributed by atoms with Crippen molar-refractivity contribution in [2.24, 2.45) is 0 Å².